The predicted molar refractivity (Wildman–Crippen MR) is 71.6 cm³/mol. The normalized spacial score (nSPS) is 25.7. The van der Waals surface area contributed by atoms with Gasteiger partial charge in [0, 0.05) is 24.3 Å². The molecule has 1 aromatic rings. The number of aromatic amines is 1. The number of alkyl halides is 1. The van der Waals surface area contributed by atoms with Crippen molar-refractivity contribution in [3.8, 4) is 0 Å². The molecule has 0 saturated carbocycles. The zero-order valence-corrected chi connectivity index (χ0v) is 12.8. The second-order valence-electron chi connectivity index (χ2n) is 4.85. The lowest BCUT2D eigenvalue weighted by molar-refractivity contribution is -0.0441. The molecule has 0 unspecified atom stereocenters. The van der Waals surface area contributed by atoms with Crippen LogP contribution in [0.15, 0.2) is 5.03 Å². The number of nitrogens with zero attached hydrogens (tertiary/aromatic N) is 2. The van der Waals surface area contributed by atoms with E-state index in [1.807, 2.05) is 13.8 Å². The van der Waals surface area contributed by atoms with E-state index in [4.69, 9.17) is 16.3 Å². The third kappa shape index (κ3) is 2.79. The largest absolute Gasteiger partial charge is 0.373 e. The van der Waals surface area contributed by atoms with Gasteiger partial charge < -0.3 is 4.74 Å². The number of ether oxygens (including phenoxy) is 1. The first-order valence-electron chi connectivity index (χ1n) is 6.11. The van der Waals surface area contributed by atoms with Crippen LogP contribution in [0.25, 0.3) is 0 Å². The average molecular weight is 308 g/mol. The first-order valence-corrected chi connectivity index (χ1v) is 8.09. The summed E-state index contributed by atoms with van der Waals surface area (Å²) < 4.78 is 32.2. The van der Waals surface area contributed by atoms with Gasteiger partial charge in [-0.05, 0) is 20.8 Å². The summed E-state index contributed by atoms with van der Waals surface area (Å²) in [6, 6.07) is 0. The van der Waals surface area contributed by atoms with Crippen LogP contribution in [0, 0.1) is 6.92 Å². The number of aromatic nitrogens is 2. The first-order chi connectivity index (χ1) is 8.86. The van der Waals surface area contributed by atoms with Gasteiger partial charge >= 0.3 is 0 Å². The highest BCUT2D eigenvalue weighted by Gasteiger charge is 2.35. The van der Waals surface area contributed by atoms with Crippen molar-refractivity contribution in [1.29, 1.82) is 0 Å². The number of nitrogens with one attached hydrogen (secondary N) is 1. The molecule has 1 aromatic heterocycles. The van der Waals surface area contributed by atoms with E-state index in [9.17, 15) is 8.42 Å². The van der Waals surface area contributed by atoms with Crippen molar-refractivity contribution in [3.05, 3.63) is 11.3 Å². The Morgan fingerprint density at radius 1 is 1.42 bits per heavy atom. The molecule has 1 saturated heterocycles. The number of hydrogen-bond acceptors (Lipinski definition) is 4. The van der Waals surface area contributed by atoms with E-state index in [1.165, 1.54) is 4.31 Å². The number of rotatable bonds is 3. The molecule has 0 aromatic carbocycles. The van der Waals surface area contributed by atoms with Crippen molar-refractivity contribution < 1.29 is 13.2 Å². The molecule has 0 spiro atoms. The van der Waals surface area contributed by atoms with Gasteiger partial charge in [0.1, 0.15) is 0 Å². The fourth-order valence-corrected chi connectivity index (χ4v) is 4.41. The van der Waals surface area contributed by atoms with Crippen LogP contribution in [0.5, 0.6) is 0 Å². The molecule has 2 heterocycles. The van der Waals surface area contributed by atoms with Crippen molar-refractivity contribution in [3.63, 3.8) is 0 Å². The molecule has 6 nitrogen and oxygen atoms in total. The minimum absolute atomic E-state index is 0.0290. The van der Waals surface area contributed by atoms with Gasteiger partial charge in [0.25, 0.3) is 10.0 Å². The summed E-state index contributed by atoms with van der Waals surface area (Å²) in [6.07, 6.45) is -0.254. The number of morpholine rings is 1. The van der Waals surface area contributed by atoms with Gasteiger partial charge in [0.05, 0.1) is 18.1 Å². The Hall–Kier alpha value is -0.630. The molecule has 108 valence electrons. The Balaban J connectivity index is 2.36. The van der Waals surface area contributed by atoms with Gasteiger partial charge in [-0.1, -0.05) is 0 Å². The summed E-state index contributed by atoms with van der Waals surface area (Å²) >= 11 is 5.81. The Morgan fingerprint density at radius 2 is 2.00 bits per heavy atom. The highest BCUT2D eigenvalue weighted by Crippen LogP contribution is 2.24. The predicted octanol–water partition coefficient (Wildman–Crippen LogP) is 1.25. The molecular weight excluding hydrogens is 290 g/mol. The number of aryl methyl sites for hydroxylation is 1. The Kier molecular flexibility index (Phi) is 4.20. The highest BCUT2D eigenvalue weighted by molar-refractivity contribution is 7.89. The van der Waals surface area contributed by atoms with Gasteiger partial charge in [-0.2, -0.15) is 9.40 Å². The lowest BCUT2D eigenvalue weighted by Crippen LogP contribution is -2.48. The number of sulfonamides is 1. The summed E-state index contributed by atoms with van der Waals surface area (Å²) in [5, 5.41) is 6.62. The maximum absolute atomic E-state index is 12.6. The molecule has 8 heteroatoms. The third-order valence-electron chi connectivity index (χ3n) is 3.14. The molecule has 1 N–H and O–H groups in total. The second-order valence-corrected chi connectivity index (χ2v) is 6.97. The molecule has 1 aliphatic rings. The van der Waals surface area contributed by atoms with Crippen molar-refractivity contribution >= 4 is 21.6 Å². The smallest absolute Gasteiger partial charge is 0.262 e. The van der Waals surface area contributed by atoms with Crippen LogP contribution in [0.2, 0.25) is 0 Å². The first kappa shape index (κ1) is 14.8. The SMILES string of the molecule is Cc1[nH]nc(S(=O)(=O)N2C[C@@H](C)O[C@@H](C)C2)c1CCl. The van der Waals surface area contributed by atoms with Gasteiger partial charge in [-0.25, -0.2) is 8.42 Å². The molecule has 19 heavy (non-hydrogen) atoms. The lowest BCUT2D eigenvalue weighted by Gasteiger charge is -2.34. The van der Waals surface area contributed by atoms with E-state index >= 15 is 0 Å². The number of halogens is 1. The molecular formula is C11H18ClN3O3S. The topological polar surface area (TPSA) is 75.3 Å². The van der Waals surface area contributed by atoms with Gasteiger partial charge in [0.2, 0.25) is 0 Å². The maximum Gasteiger partial charge on any atom is 0.262 e. The van der Waals surface area contributed by atoms with Crippen LogP contribution in [0.1, 0.15) is 25.1 Å². The van der Waals surface area contributed by atoms with Crippen LogP contribution in [0.4, 0.5) is 0 Å². The van der Waals surface area contributed by atoms with Crippen molar-refractivity contribution in [1.82, 2.24) is 14.5 Å². The fraction of sp³-hybridized carbons (Fsp3) is 0.727. The summed E-state index contributed by atoms with van der Waals surface area (Å²) in [7, 11) is -3.62. The zero-order valence-electron chi connectivity index (χ0n) is 11.2. The van der Waals surface area contributed by atoms with Crippen LogP contribution in [0.3, 0.4) is 0 Å². The summed E-state index contributed by atoms with van der Waals surface area (Å²) in [6.45, 7) is 6.14. The van der Waals surface area contributed by atoms with E-state index in [0.717, 1.165) is 0 Å². The van der Waals surface area contributed by atoms with Crippen LogP contribution < -0.4 is 0 Å². The Morgan fingerprint density at radius 3 is 2.53 bits per heavy atom. The van der Waals surface area contributed by atoms with Gasteiger partial charge in [-0.3, -0.25) is 5.10 Å². The average Bonchev–Trinajstić information content (AvgIpc) is 2.69. The molecule has 1 fully saturated rings. The monoisotopic (exact) mass is 307 g/mol. The third-order valence-corrected chi connectivity index (χ3v) is 5.21. The fourth-order valence-electron chi connectivity index (χ4n) is 2.25. The molecule has 0 bridgehead atoms. The maximum atomic E-state index is 12.6. The molecule has 0 amide bonds. The van der Waals surface area contributed by atoms with Gasteiger partial charge in [-0.15, -0.1) is 11.6 Å². The molecule has 2 atom stereocenters. The quantitative estimate of drug-likeness (QED) is 0.853. The summed E-state index contributed by atoms with van der Waals surface area (Å²) in [4.78, 5) is 0. The Labute approximate surface area is 118 Å². The standard InChI is InChI=1S/C11H18ClN3O3S/c1-7-5-15(6-8(2)18-7)19(16,17)11-10(4-12)9(3)13-14-11/h7-8H,4-6H2,1-3H3,(H,13,14)/t7-,8+. The van der Waals surface area contributed by atoms with E-state index in [-0.39, 0.29) is 23.1 Å². The Bertz CT molecular complexity index is 548. The van der Waals surface area contributed by atoms with Crippen LogP contribution >= 0.6 is 11.6 Å². The summed E-state index contributed by atoms with van der Waals surface area (Å²) in [5.74, 6) is 0.117. The van der Waals surface area contributed by atoms with Crippen molar-refractivity contribution in [2.75, 3.05) is 13.1 Å². The van der Waals surface area contributed by atoms with E-state index in [0.29, 0.717) is 24.3 Å². The minimum atomic E-state index is -3.62. The van der Waals surface area contributed by atoms with Crippen molar-refractivity contribution in [2.24, 2.45) is 0 Å². The molecule has 0 aliphatic carbocycles. The minimum Gasteiger partial charge on any atom is -0.373 e. The summed E-state index contributed by atoms with van der Waals surface area (Å²) in [5.41, 5.74) is 1.22. The lowest BCUT2D eigenvalue weighted by atomic mass is 10.3. The highest BCUT2D eigenvalue weighted by atomic mass is 35.5. The van der Waals surface area contributed by atoms with Crippen molar-refractivity contribution in [2.45, 2.75) is 43.9 Å². The van der Waals surface area contributed by atoms with Gasteiger partial charge in [0.15, 0.2) is 5.03 Å². The van der Waals surface area contributed by atoms with E-state index in [2.05, 4.69) is 10.2 Å². The van der Waals surface area contributed by atoms with E-state index in [1.54, 1.807) is 6.92 Å². The number of H-pyrrole nitrogens is 1. The number of hydrogen-bond donors (Lipinski definition) is 1. The molecule has 2 rings (SSSR count). The molecule has 1 aliphatic heterocycles. The molecule has 0 radical (unpaired) electrons. The zero-order chi connectivity index (χ0) is 14.2. The van der Waals surface area contributed by atoms with E-state index < -0.39 is 10.0 Å². The van der Waals surface area contributed by atoms with Crippen LogP contribution in [-0.4, -0.2) is 48.2 Å². The van der Waals surface area contributed by atoms with Crippen LogP contribution in [-0.2, 0) is 20.6 Å². The second kappa shape index (κ2) is 5.40.